The minimum absolute atomic E-state index is 0.229. The van der Waals surface area contributed by atoms with Crippen LogP contribution in [0.15, 0.2) is 0 Å². The van der Waals surface area contributed by atoms with Crippen LogP contribution in [0.3, 0.4) is 0 Å². The van der Waals surface area contributed by atoms with E-state index in [1.54, 1.807) is 6.92 Å². The molecule has 0 heterocycles. The molecule has 0 aliphatic carbocycles. The smallest absolute Gasteiger partial charge is 0.347 e. The predicted octanol–water partition coefficient (Wildman–Crippen LogP) is -1.73. The summed E-state index contributed by atoms with van der Waals surface area (Å²) in [5.41, 5.74) is 5.08. The summed E-state index contributed by atoms with van der Waals surface area (Å²) >= 11 is 0. The monoisotopic (exact) mass is 131 g/mol. The Hall–Kier alpha value is -0.643. The summed E-state index contributed by atoms with van der Waals surface area (Å²) in [5, 5.41) is 0.229. The molecular formula is C4H9NO2Si. The van der Waals surface area contributed by atoms with Gasteiger partial charge in [0.05, 0.1) is 11.9 Å². The van der Waals surface area contributed by atoms with Crippen LogP contribution in [0.5, 0.6) is 0 Å². The van der Waals surface area contributed by atoms with E-state index in [9.17, 15) is 4.79 Å². The second kappa shape index (κ2) is 3.37. The standard InChI is InChI=1S/C4H9NO2Si/c1-2-7-4(6)3(5)8/h2,5,8H2,1H3. The molecule has 0 fully saturated rings. The molecule has 0 aromatic heterocycles. The van der Waals surface area contributed by atoms with Crippen LogP contribution < -0.4 is 5.73 Å². The van der Waals surface area contributed by atoms with Crippen molar-refractivity contribution in [2.75, 3.05) is 6.61 Å². The first-order valence-corrected chi connectivity index (χ1v) is 3.00. The highest BCUT2D eigenvalue weighted by Gasteiger charge is 1.98. The van der Waals surface area contributed by atoms with E-state index in [-0.39, 0.29) is 5.29 Å². The van der Waals surface area contributed by atoms with Crippen molar-refractivity contribution in [1.82, 2.24) is 0 Å². The highest BCUT2D eigenvalue weighted by atomic mass is 28.1. The molecule has 4 heteroatoms. The van der Waals surface area contributed by atoms with Crippen molar-refractivity contribution in [2.45, 2.75) is 6.92 Å². The summed E-state index contributed by atoms with van der Waals surface area (Å²) in [5.74, 6) is -0.411. The summed E-state index contributed by atoms with van der Waals surface area (Å²) < 4.78 is 4.51. The van der Waals surface area contributed by atoms with E-state index >= 15 is 0 Å². The van der Waals surface area contributed by atoms with Gasteiger partial charge >= 0.3 is 5.97 Å². The highest BCUT2D eigenvalue weighted by molar-refractivity contribution is 6.59. The third kappa shape index (κ3) is 2.52. The number of rotatable bonds is 2. The molecule has 0 aromatic carbocycles. The van der Waals surface area contributed by atoms with Crippen LogP contribution in [0.1, 0.15) is 6.92 Å². The van der Waals surface area contributed by atoms with Gasteiger partial charge in [0.25, 0.3) is 0 Å². The second-order valence-electron chi connectivity index (χ2n) is 1.25. The fourth-order valence-corrected chi connectivity index (χ4v) is 0.326. The summed E-state index contributed by atoms with van der Waals surface area (Å²) in [6.07, 6.45) is 0. The lowest BCUT2D eigenvalue weighted by Gasteiger charge is -1.97. The molecule has 0 radical (unpaired) electrons. The van der Waals surface area contributed by atoms with Crippen molar-refractivity contribution in [3.8, 4) is 0 Å². The molecule has 46 valence electrons. The summed E-state index contributed by atoms with van der Waals surface area (Å²) in [4.78, 5) is 10.4. The molecule has 0 aliphatic heterocycles. The molecule has 0 saturated heterocycles. The summed E-state index contributed by atoms with van der Waals surface area (Å²) in [6, 6.07) is 0. The van der Waals surface area contributed by atoms with E-state index < -0.39 is 5.97 Å². The lowest BCUT2D eigenvalue weighted by Crippen LogP contribution is -2.26. The zero-order chi connectivity index (χ0) is 6.57. The maximum Gasteiger partial charge on any atom is 0.347 e. The number of hydrogen-bond donors (Lipinski definition) is 1. The molecule has 0 atom stereocenters. The van der Waals surface area contributed by atoms with Crippen molar-refractivity contribution in [3.63, 3.8) is 0 Å². The SMILES string of the molecule is CCOC(=O)C(N)=[SiH2]. The lowest BCUT2D eigenvalue weighted by atomic mass is 10.7. The van der Waals surface area contributed by atoms with Crippen LogP contribution in [0.4, 0.5) is 0 Å². The fraction of sp³-hybridized carbons (Fsp3) is 0.500. The van der Waals surface area contributed by atoms with Gasteiger partial charge in [-0.05, 0) is 6.92 Å². The molecule has 0 spiro atoms. The normalized spacial score (nSPS) is 8.12. The number of ether oxygens (including phenoxy) is 1. The maximum atomic E-state index is 10.4. The third-order valence-corrected chi connectivity index (χ3v) is 0.826. The van der Waals surface area contributed by atoms with Crippen molar-refractivity contribution >= 4 is 21.1 Å². The van der Waals surface area contributed by atoms with Gasteiger partial charge in [-0.1, -0.05) is 0 Å². The largest absolute Gasteiger partial charge is 0.462 e. The van der Waals surface area contributed by atoms with E-state index in [1.165, 1.54) is 9.85 Å². The molecule has 2 N–H and O–H groups in total. The predicted molar refractivity (Wildman–Crippen MR) is 34.4 cm³/mol. The van der Waals surface area contributed by atoms with Gasteiger partial charge in [-0.2, -0.15) is 0 Å². The molecular weight excluding hydrogens is 122 g/mol. The van der Waals surface area contributed by atoms with Gasteiger partial charge in [0, 0.05) is 9.85 Å². The van der Waals surface area contributed by atoms with Gasteiger partial charge in [0.2, 0.25) is 0 Å². The van der Waals surface area contributed by atoms with Crippen LogP contribution in [0.2, 0.25) is 0 Å². The zero-order valence-electron chi connectivity index (χ0n) is 4.81. The Balaban J connectivity index is 3.49. The number of nitrogens with two attached hydrogens (primary N) is 1. The first-order valence-electron chi connectivity index (χ1n) is 2.30. The number of hydrogen-bond acceptors (Lipinski definition) is 3. The van der Waals surface area contributed by atoms with E-state index in [4.69, 9.17) is 5.73 Å². The second-order valence-corrected chi connectivity index (χ2v) is 2.01. The molecule has 0 rings (SSSR count). The van der Waals surface area contributed by atoms with Gasteiger partial charge in [-0.25, -0.2) is 4.79 Å². The molecule has 3 nitrogen and oxygen atoms in total. The summed E-state index contributed by atoms with van der Waals surface area (Å²) in [6.45, 7) is 2.13. The van der Waals surface area contributed by atoms with Gasteiger partial charge in [0.1, 0.15) is 0 Å². The Kier molecular flexibility index (Phi) is 3.10. The molecule has 8 heavy (non-hydrogen) atoms. The molecule has 0 unspecified atom stereocenters. The number of esters is 1. The lowest BCUT2D eigenvalue weighted by molar-refractivity contribution is -0.134. The quantitative estimate of drug-likeness (QED) is 0.358. The van der Waals surface area contributed by atoms with E-state index in [0.717, 1.165) is 0 Å². The molecule has 0 aliphatic rings. The minimum atomic E-state index is -0.411. The Morgan fingerprint density at radius 3 is 2.50 bits per heavy atom. The molecule has 0 saturated carbocycles. The fourth-order valence-electron chi connectivity index (χ4n) is 0.224. The van der Waals surface area contributed by atoms with E-state index in [0.29, 0.717) is 6.61 Å². The van der Waals surface area contributed by atoms with Gasteiger partial charge in [-0.3, -0.25) is 0 Å². The number of carbonyl (C=O) groups excluding carboxylic acids is 1. The van der Waals surface area contributed by atoms with E-state index in [2.05, 4.69) is 4.74 Å². The van der Waals surface area contributed by atoms with Crippen molar-refractivity contribution in [2.24, 2.45) is 5.73 Å². The first kappa shape index (κ1) is 7.36. The third-order valence-electron chi connectivity index (χ3n) is 0.538. The van der Waals surface area contributed by atoms with Gasteiger partial charge < -0.3 is 10.5 Å². The minimum Gasteiger partial charge on any atom is -0.462 e. The zero-order valence-corrected chi connectivity index (χ0v) is 6.22. The highest BCUT2D eigenvalue weighted by Crippen LogP contribution is 1.72. The molecule has 0 aromatic rings. The number of carbonyl (C=O) groups is 1. The first-order chi connectivity index (χ1) is 3.68. The van der Waals surface area contributed by atoms with Crippen LogP contribution in [-0.4, -0.2) is 27.7 Å². The average Bonchev–Trinajstić information content (AvgIpc) is 1.67. The molecule has 0 bridgehead atoms. The topological polar surface area (TPSA) is 52.3 Å². The van der Waals surface area contributed by atoms with Crippen LogP contribution in [0, 0.1) is 0 Å². The maximum absolute atomic E-state index is 10.4. The van der Waals surface area contributed by atoms with Crippen molar-refractivity contribution in [1.29, 1.82) is 0 Å². The Morgan fingerprint density at radius 2 is 2.38 bits per heavy atom. The van der Waals surface area contributed by atoms with Crippen LogP contribution in [0.25, 0.3) is 0 Å². The van der Waals surface area contributed by atoms with Gasteiger partial charge in [-0.15, -0.1) is 0 Å². The van der Waals surface area contributed by atoms with Crippen LogP contribution >= 0.6 is 0 Å². The average molecular weight is 131 g/mol. The molecule has 0 amide bonds. The van der Waals surface area contributed by atoms with Gasteiger partial charge in [0.15, 0.2) is 0 Å². The van der Waals surface area contributed by atoms with E-state index in [1.807, 2.05) is 0 Å². The van der Waals surface area contributed by atoms with Crippen molar-refractivity contribution in [3.05, 3.63) is 0 Å². The Labute approximate surface area is 50.9 Å². The Morgan fingerprint density at radius 1 is 1.88 bits per heavy atom. The summed E-state index contributed by atoms with van der Waals surface area (Å²) in [7, 11) is 1.33. The van der Waals surface area contributed by atoms with Crippen LogP contribution in [-0.2, 0) is 9.53 Å². The Bertz CT molecular complexity index is 113. The van der Waals surface area contributed by atoms with Crippen molar-refractivity contribution < 1.29 is 9.53 Å².